The third kappa shape index (κ3) is 6.09. The Bertz CT molecular complexity index is 925. The maximum Gasteiger partial charge on any atom is 0.166 e. The van der Waals surface area contributed by atoms with Crippen molar-refractivity contribution in [3.63, 3.8) is 0 Å². The van der Waals surface area contributed by atoms with Gasteiger partial charge in [-0.15, -0.1) is 0 Å². The van der Waals surface area contributed by atoms with Gasteiger partial charge in [-0.25, -0.2) is 13.2 Å². The molecular weight excluding hydrogens is 400 g/mol. The minimum atomic E-state index is -0.788. The summed E-state index contributed by atoms with van der Waals surface area (Å²) in [5.41, 5.74) is 3.55. The molecule has 2 aromatic carbocycles. The fourth-order valence-corrected chi connectivity index (χ4v) is 4.13. The Kier molecular flexibility index (Phi) is 8.51. The van der Waals surface area contributed by atoms with E-state index in [9.17, 15) is 17.6 Å². The Labute approximate surface area is 182 Å². The van der Waals surface area contributed by atoms with E-state index in [-0.39, 0.29) is 23.7 Å². The minimum Gasteiger partial charge on any atom is -0.251 e. The summed E-state index contributed by atoms with van der Waals surface area (Å²) in [6.07, 6.45) is 9.27. The van der Waals surface area contributed by atoms with Crippen LogP contribution in [0.4, 0.5) is 17.6 Å². The molecule has 0 fully saturated rings. The second-order valence-corrected chi connectivity index (χ2v) is 8.25. The number of rotatable bonds is 9. The summed E-state index contributed by atoms with van der Waals surface area (Å²) in [4.78, 5) is 0. The Morgan fingerprint density at radius 3 is 2.39 bits per heavy atom. The van der Waals surface area contributed by atoms with Gasteiger partial charge in [0.15, 0.2) is 11.6 Å². The highest BCUT2D eigenvalue weighted by atomic mass is 19.2. The maximum atomic E-state index is 14.7. The van der Waals surface area contributed by atoms with Crippen LogP contribution in [-0.4, -0.2) is 6.67 Å². The van der Waals surface area contributed by atoms with Gasteiger partial charge < -0.3 is 0 Å². The maximum absolute atomic E-state index is 14.7. The van der Waals surface area contributed by atoms with E-state index in [1.165, 1.54) is 5.57 Å². The molecule has 1 unspecified atom stereocenters. The third-order valence-corrected chi connectivity index (χ3v) is 5.98. The van der Waals surface area contributed by atoms with E-state index in [1.807, 2.05) is 24.3 Å². The predicted molar refractivity (Wildman–Crippen MR) is 120 cm³/mol. The second kappa shape index (κ2) is 11.3. The van der Waals surface area contributed by atoms with Crippen molar-refractivity contribution in [1.82, 2.24) is 0 Å². The average Bonchev–Trinajstić information content (AvgIpc) is 2.78. The molecule has 4 heteroatoms. The van der Waals surface area contributed by atoms with Crippen LogP contribution in [0, 0.1) is 17.6 Å². The zero-order valence-corrected chi connectivity index (χ0v) is 18.1. The normalized spacial score (nSPS) is 17.0. The van der Waals surface area contributed by atoms with Crippen LogP contribution in [0.3, 0.4) is 0 Å². The quantitative estimate of drug-likeness (QED) is 0.275. The number of benzene rings is 2. The van der Waals surface area contributed by atoms with Gasteiger partial charge >= 0.3 is 0 Å². The first-order chi connectivity index (χ1) is 15.0. The van der Waals surface area contributed by atoms with Crippen LogP contribution in [0.25, 0.3) is 16.7 Å². The molecule has 3 rings (SSSR count). The Morgan fingerprint density at radius 1 is 1.00 bits per heavy atom. The van der Waals surface area contributed by atoms with Crippen molar-refractivity contribution >= 4 is 5.57 Å². The molecule has 0 saturated heterocycles. The number of hydrogen-bond acceptors (Lipinski definition) is 0. The van der Waals surface area contributed by atoms with Gasteiger partial charge in [-0.05, 0) is 66.4 Å². The van der Waals surface area contributed by atoms with Crippen molar-refractivity contribution in [2.24, 2.45) is 5.92 Å². The van der Waals surface area contributed by atoms with Gasteiger partial charge in [-0.1, -0.05) is 62.2 Å². The summed E-state index contributed by atoms with van der Waals surface area (Å²) in [7, 11) is 0. The van der Waals surface area contributed by atoms with Crippen LogP contribution in [-0.2, 0) is 6.42 Å². The molecule has 2 aromatic rings. The van der Waals surface area contributed by atoms with Gasteiger partial charge in [0.25, 0.3) is 0 Å². The number of alkyl halides is 1. The fraction of sp³-hybridized carbons (Fsp3) is 0.407. The molecule has 0 amide bonds. The van der Waals surface area contributed by atoms with E-state index in [2.05, 4.69) is 13.0 Å². The lowest BCUT2D eigenvalue weighted by Crippen LogP contribution is -2.03. The average molecular weight is 431 g/mol. The molecule has 1 atom stereocenters. The summed E-state index contributed by atoms with van der Waals surface area (Å²) in [5.74, 6) is -1.81. The number of unbranched alkanes of at least 4 members (excludes halogenated alkanes) is 2. The zero-order valence-electron chi connectivity index (χ0n) is 18.1. The van der Waals surface area contributed by atoms with Crippen molar-refractivity contribution in [2.75, 3.05) is 6.67 Å². The molecule has 166 valence electrons. The van der Waals surface area contributed by atoms with Crippen LogP contribution in [0.1, 0.15) is 63.0 Å². The molecule has 0 aromatic heterocycles. The van der Waals surface area contributed by atoms with E-state index in [0.29, 0.717) is 17.5 Å². The zero-order chi connectivity index (χ0) is 22.2. The molecule has 0 spiro atoms. The lowest BCUT2D eigenvalue weighted by molar-refractivity contribution is 0.447. The smallest absolute Gasteiger partial charge is 0.166 e. The molecule has 1 aliphatic rings. The number of aryl methyl sites for hydroxylation is 1. The first kappa shape index (κ1) is 23.3. The Morgan fingerprint density at radius 2 is 1.74 bits per heavy atom. The SMILES string of the molecule is CCCCCc1ccc(-c2ccc(C3=CCC(/C=C(\F)CCF)CC3)cc2)c(F)c1F. The van der Waals surface area contributed by atoms with Gasteiger partial charge in [-0.2, -0.15) is 0 Å². The van der Waals surface area contributed by atoms with Gasteiger partial charge in [0, 0.05) is 12.0 Å². The minimum absolute atomic E-state index is 0.0995. The van der Waals surface area contributed by atoms with E-state index in [4.69, 9.17) is 0 Å². The topological polar surface area (TPSA) is 0 Å². The van der Waals surface area contributed by atoms with Crippen LogP contribution in [0.2, 0.25) is 0 Å². The second-order valence-electron chi connectivity index (χ2n) is 8.25. The highest BCUT2D eigenvalue weighted by Gasteiger charge is 2.17. The van der Waals surface area contributed by atoms with Crippen LogP contribution in [0.5, 0.6) is 0 Å². The summed E-state index contributed by atoms with van der Waals surface area (Å²) < 4.78 is 54.9. The summed E-state index contributed by atoms with van der Waals surface area (Å²) in [5, 5.41) is 0. The predicted octanol–water partition coefficient (Wildman–Crippen LogP) is 8.76. The molecule has 0 nitrogen and oxygen atoms in total. The van der Waals surface area contributed by atoms with Gasteiger partial charge in [-0.3, -0.25) is 4.39 Å². The molecule has 0 heterocycles. The van der Waals surface area contributed by atoms with E-state index >= 15 is 0 Å². The van der Waals surface area contributed by atoms with Gasteiger partial charge in [0.1, 0.15) is 0 Å². The summed E-state index contributed by atoms with van der Waals surface area (Å²) >= 11 is 0. The molecule has 0 aliphatic heterocycles. The van der Waals surface area contributed by atoms with Crippen molar-refractivity contribution in [2.45, 2.75) is 58.3 Å². The number of halogens is 4. The van der Waals surface area contributed by atoms with Crippen LogP contribution >= 0.6 is 0 Å². The molecule has 0 radical (unpaired) electrons. The Hall–Kier alpha value is -2.36. The third-order valence-electron chi connectivity index (χ3n) is 5.98. The molecule has 0 saturated carbocycles. The van der Waals surface area contributed by atoms with Crippen molar-refractivity contribution in [3.8, 4) is 11.1 Å². The lowest BCUT2D eigenvalue weighted by Gasteiger charge is -2.20. The highest BCUT2D eigenvalue weighted by molar-refractivity contribution is 5.71. The first-order valence-corrected chi connectivity index (χ1v) is 11.2. The standard InChI is InChI=1S/C27H30F4/c1-2-3-4-5-23-14-15-25(27(31)26(23)30)22-12-10-21(11-13-22)20-8-6-19(7-9-20)18-24(29)16-17-28/h8,10-15,18-19H,2-7,9,16-17H2,1H3/b24-18-. The van der Waals surface area contributed by atoms with E-state index in [1.54, 1.807) is 18.2 Å². The Balaban J connectivity index is 1.70. The van der Waals surface area contributed by atoms with Crippen molar-refractivity contribution in [1.29, 1.82) is 0 Å². The molecule has 31 heavy (non-hydrogen) atoms. The monoisotopic (exact) mass is 430 g/mol. The largest absolute Gasteiger partial charge is 0.251 e. The van der Waals surface area contributed by atoms with E-state index in [0.717, 1.165) is 44.1 Å². The van der Waals surface area contributed by atoms with Crippen LogP contribution in [0.15, 0.2) is 54.4 Å². The summed E-state index contributed by atoms with van der Waals surface area (Å²) in [6, 6.07) is 10.8. The first-order valence-electron chi connectivity index (χ1n) is 11.2. The summed E-state index contributed by atoms with van der Waals surface area (Å²) in [6.45, 7) is 1.41. The van der Waals surface area contributed by atoms with Gasteiger partial charge in [0.2, 0.25) is 0 Å². The van der Waals surface area contributed by atoms with Crippen molar-refractivity contribution < 1.29 is 17.6 Å². The fourth-order valence-electron chi connectivity index (χ4n) is 4.13. The van der Waals surface area contributed by atoms with E-state index < -0.39 is 18.3 Å². The molecular formula is C27H30F4. The van der Waals surface area contributed by atoms with Crippen molar-refractivity contribution in [3.05, 3.63) is 77.1 Å². The van der Waals surface area contributed by atoms with Gasteiger partial charge in [0.05, 0.1) is 12.5 Å². The van der Waals surface area contributed by atoms with Crippen LogP contribution < -0.4 is 0 Å². The molecule has 0 N–H and O–H groups in total. The lowest BCUT2D eigenvalue weighted by atomic mass is 9.86. The highest BCUT2D eigenvalue weighted by Crippen LogP contribution is 2.34. The molecule has 0 bridgehead atoms. The number of hydrogen-bond donors (Lipinski definition) is 0. The molecule has 1 aliphatic carbocycles. The number of allylic oxidation sites excluding steroid dienone is 4.